The zero-order valence-corrected chi connectivity index (χ0v) is 12.3. The fourth-order valence-corrected chi connectivity index (χ4v) is 3.55. The molecule has 1 fully saturated rings. The van der Waals surface area contributed by atoms with Crippen LogP contribution in [0.4, 0.5) is 18.9 Å². The Balaban J connectivity index is 2.21. The van der Waals surface area contributed by atoms with Crippen molar-refractivity contribution >= 4 is 23.4 Å². The number of hydrogen-bond acceptors (Lipinski definition) is 3. The van der Waals surface area contributed by atoms with E-state index in [0.29, 0.717) is 12.6 Å². The van der Waals surface area contributed by atoms with Crippen molar-refractivity contribution in [3.63, 3.8) is 0 Å². The van der Waals surface area contributed by atoms with Gasteiger partial charge in [0.05, 0.1) is 11.1 Å². The summed E-state index contributed by atoms with van der Waals surface area (Å²) < 4.78 is 37.9. The molecule has 0 amide bonds. The Hall–Kier alpha value is -1.37. The third-order valence-corrected chi connectivity index (χ3v) is 5.07. The predicted octanol–water partition coefficient (Wildman–Crippen LogP) is 4.10. The molecule has 3 nitrogen and oxygen atoms in total. The monoisotopic (exact) mass is 319 g/mol. The van der Waals surface area contributed by atoms with E-state index in [2.05, 4.69) is 12.2 Å². The van der Waals surface area contributed by atoms with Gasteiger partial charge in [-0.2, -0.15) is 24.9 Å². The molecule has 2 N–H and O–H groups in total. The highest BCUT2D eigenvalue weighted by atomic mass is 32.2. The summed E-state index contributed by atoms with van der Waals surface area (Å²) in [5.74, 6) is -0.315. The van der Waals surface area contributed by atoms with Gasteiger partial charge in [0, 0.05) is 17.0 Å². The molecule has 1 aliphatic heterocycles. The van der Waals surface area contributed by atoms with Crippen LogP contribution in [0, 0.1) is 0 Å². The van der Waals surface area contributed by atoms with E-state index in [9.17, 15) is 18.0 Å². The van der Waals surface area contributed by atoms with Gasteiger partial charge >= 0.3 is 12.1 Å². The second-order valence-electron chi connectivity index (χ2n) is 5.32. The number of aromatic carboxylic acids is 1. The van der Waals surface area contributed by atoms with Gasteiger partial charge in [0.2, 0.25) is 0 Å². The number of anilines is 1. The van der Waals surface area contributed by atoms with Gasteiger partial charge in [0.1, 0.15) is 0 Å². The minimum atomic E-state index is -4.55. The Morgan fingerprint density at radius 3 is 2.71 bits per heavy atom. The van der Waals surface area contributed by atoms with Crippen LogP contribution >= 0.6 is 11.8 Å². The highest BCUT2D eigenvalue weighted by Gasteiger charge is 2.33. The van der Waals surface area contributed by atoms with Crippen LogP contribution in [0.15, 0.2) is 18.2 Å². The summed E-state index contributed by atoms with van der Waals surface area (Å²) in [6.07, 6.45) is -2.44. The maximum absolute atomic E-state index is 12.6. The number of carboxylic acids is 1. The average molecular weight is 319 g/mol. The minimum absolute atomic E-state index is 0.00152. The number of hydrogen-bond donors (Lipinski definition) is 2. The second kappa shape index (κ2) is 5.79. The second-order valence-corrected chi connectivity index (χ2v) is 7.00. The summed E-state index contributed by atoms with van der Waals surface area (Å²) in [5.41, 5.74) is -1.08. The first-order valence-electron chi connectivity index (χ1n) is 6.54. The van der Waals surface area contributed by atoms with Crippen molar-refractivity contribution in [2.24, 2.45) is 0 Å². The van der Waals surface area contributed by atoms with Gasteiger partial charge in [-0.1, -0.05) is 0 Å². The van der Waals surface area contributed by atoms with Crippen molar-refractivity contribution in [3.05, 3.63) is 29.3 Å². The van der Waals surface area contributed by atoms with Gasteiger partial charge in [0.25, 0.3) is 0 Å². The molecule has 0 bridgehead atoms. The van der Waals surface area contributed by atoms with E-state index in [1.807, 2.05) is 0 Å². The van der Waals surface area contributed by atoms with E-state index in [4.69, 9.17) is 5.11 Å². The van der Waals surface area contributed by atoms with Crippen molar-refractivity contribution in [3.8, 4) is 0 Å². The van der Waals surface area contributed by atoms with Crippen LogP contribution in [-0.2, 0) is 6.18 Å². The molecule has 21 heavy (non-hydrogen) atoms. The van der Waals surface area contributed by atoms with Gasteiger partial charge in [-0.05, 0) is 43.7 Å². The number of carboxylic acid groups (broad SMARTS) is 1. The Labute approximate surface area is 124 Å². The maximum atomic E-state index is 12.6. The maximum Gasteiger partial charge on any atom is 0.416 e. The molecule has 0 radical (unpaired) electrons. The smallest absolute Gasteiger partial charge is 0.416 e. The molecular formula is C14H16F3NO2S. The lowest BCUT2D eigenvalue weighted by Gasteiger charge is -2.24. The van der Waals surface area contributed by atoms with Crippen molar-refractivity contribution in [1.82, 2.24) is 0 Å². The van der Waals surface area contributed by atoms with Crippen molar-refractivity contribution in [2.75, 3.05) is 17.6 Å². The molecule has 1 heterocycles. The first kappa shape index (κ1) is 16.0. The molecule has 116 valence electrons. The lowest BCUT2D eigenvalue weighted by atomic mass is 10.0. The zero-order valence-electron chi connectivity index (χ0n) is 11.5. The first-order chi connectivity index (χ1) is 9.71. The van der Waals surface area contributed by atoms with Gasteiger partial charge in [-0.15, -0.1) is 0 Å². The van der Waals surface area contributed by atoms with Crippen LogP contribution in [0.3, 0.4) is 0 Å². The molecule has 1 atom stereocenters. The Morgan fingerprint density at radius 2 is 2.19 bits per heavy atom. The van der Waals surface area contributed by atoms with E-state index in [0.717, 1.165) is 24.7 Å². The summed E-state index contributed by atoms with van der Waals surface area (Å²) in [5, 5.41) is 12.1. The number of carbonyl (C=O) groups is 1. The molecule has 0 saturated carbocycles. The van der Waals surface area contributed by atoms with Gasteiger partial charge in [-0.3, -0.25) is 0 Å². The molecule has 0 aromatic heterocycles. The normalized spacial score (nSPS) is 22.3. The number of alkyl halides is 3. The van der Waals surface area contributed by atoms with Crippen LogP contribution in [0.25, 0.3) is 0 Å². The Morgan fingerprint density at radius 1 is 1.48 bits per heavy atom. The molecular weight excluding hydrogens is 303 g/mol. The third kappa shape index (κ3) is 3.84. The Kier molecular flexibility index (Phi) is 4.41. The molecule has 0 spiro atoms. The van der Waals surface area contributed by atoms with Crippen LogP contribution in [0.5, 0.6) is 0 Å². The lowest BCUT2D eigenvalue weighted by Crippen LogP contribution is -2.27. The highest BCUT2D eigenvalue weighted by molar-refractivity contribution is 8.00. The standard InChI is InChI=1S/C14H16F3NO2S/c1-13(5-2-6-21-13)8-18-11-4-3-9(14(15,16)17)7-10(11)12(19)20/h3-4,7,18H,2,5-6,8H2,1H3,(H,19,20). The molecule has 2 rings (SSSR count). The fraction of sp³-hybridized carbons (Fsp3) is 0.500. The fourth-order valence-electron chi connectivity index (χ4n) is 2.31. The number of rotatable bonds is 4. The number of thioether (sulfide) groups is 1. The Bertz CT molecular complexity index is 540. The molecule has 1 unspecified atom stereocenters. The number of benzene rings is 1. The van der Waals surface area contributed by atoms with Crippen LogP contribution in [0.2, 0.25) is 0 Å². The largest absolute Gasteiger partial charge is 0.478 e. The zero-order chi connectivity index (χ0) is 15.7. The summed E-state index contributed by atoms with van der Waals surface area (Å²) in [6, 6.07) is 2.77. The average Bonchev–Trinajstić information content (AvgIpc) is 2.82. The van der Waals surface area contributed by atoms with Crippen LogP contribution in [0.1, 0.15) is 35.7 Å². The minimum Gasteiger partial charge on any atom is -0.478 e. The van der Waals surface area contributed by atoms with Gasteiger partial charge in [-0.25, -0.2) is 4.79 Å². The molecule has 7 heteroatoms. The van der Waals surface area contributed by atoms with E-state index >= 15 is 0 Å². The van der Waals surface area contributed by atoms with Crippen molar-refractivity contribution in [1.29, 1.82) is 0 Å². The summed E-state index contributed by atoms with van der Waals surface area (Å²) in [4.78, 5) is 11.2. The molecule has 0 aliphatic carbocycles. The SMILES string of the molecule is CC1(CNc2ccc(C(F)(F)F)cc2C(=O)O)CCCS1. The molecule has 1 saturated heterocycles. The van der Waals surface area contributed by atoms with Crippen LogP contribution < -0.4 is 5.32 Å². The third-order valence-electron chi connectivity index (χ3n) is 3.53. The van der Waals surface area contributed by atoms with E-state index in [1.165, 1.54) is 6.07 Å². The lowest BCUT2D eigenvalue weighted by molar-refractivity contribution is -0.137. The van der Waals surface area contributed by atoms with Crippen molar-refractivity contribution in [2.45, 2.75) is 30.7 Å². The first-order valence-corrected chi connectivity index (χ1v) is 7.52. The topological polar surface area (TPSA) is 49.3 Å². The van der Waals surface area contributed by atoms with E-state index < -0.39 is 17.7 Å². The highest BCUT2D eigenvalue weighted by Crippen LogP contribution is 2.38. The molecule has 1 aliphatic rings. The van der Waals surface area contributed by atoms with E-state index in [-0.39, 0.29) is 16.0 Å². The number of halogens is 3. The van der Waals surface area contributed by atoms with Crippen molar-refractivity contribution < 1.29 is 23.1 Å². The van der Waals surface area contributed by atoms with Gasteiger partial charge < -0.3 is 10.4 Å². The quantitative estimate of drug-likeness (QED) is 0.877. The van der Waals surface area contributed by atoms with Crippen LogP contribution in [-0.4, -0.2) is 28.1 Å². The summed E-state index contributed by atoms with van der Waals surface area (Å²) >= 11 is 1.80. The van der Waals surface area contributed by atoms with Gasteiger partial charge in [0.15, 0.2) is 0 Å². The summed E-state index contributed by atoms with van der Waals surface area (Å²) in [7, 11) is 0. The molecule has 1 aromatic rings. The predicted molar refractivity (Wildman–Crippen MR) is 77.0 cm³/mol. The number of nitrogens with one attached hydrogen (secondary N) is 1. The van der Waals surface area contributed by atoms with E-state index in [1.54, 1.807) is 11.8 Å². The summed E-state index contributed by atoms with van der Waals surface area (Å²) in [6.45, 7) is 2.60. The molecule has 1 aromatic carbocycles.